The lowest BCUT2D eigenvalue weighted by Gasteiger charge is -2.39. The molecule has 0 amide bonds. The molecule has 2 fully saturated rings. The van der Waals surface area contributed by atoms with Gasteiger partial charge < -0.3 is 30.5 Å². The lowest BCUT2D eigenvalue weighted by Crippen LogP contribution is -2.41. The zero-order chi connectivity index (χ0) is 31.6. The number of ether oxygens (including phenoxy) is 2. The van der Waals surface area contributed by atoms with Crippen LogP contribution in [0.25, 0.3) is 11.1 Å². The molecule has 4 N–H and O–H groups in total. The Kier molecular flexibility index (Phi) is 9.12. The molecule has 0 aliphatic carbocycles. The minimum Gasteiger partial charge on any atom is -0.493 e. The summed E-state index contributed by atoms with van der Waals surface area (Å²) < 4.78 is 55.4. The lowest BCUT2D eigenvalue weighted by atomic mass is 9.76. The largest absolute Gasteiger partial charge is 0.493 e. The van der Waals surface area contributed by atoms with Crippen LogP contribution in [0.4, 0.5) is 24.9 Å². The highest BCUT2D eigenvalue weighted by molar-refractivity contribution is 6.30. The first-order valence-corrected chi connectivity index (χ1v) is 14.8. The molecule has 1 aromatic heterocycles. The van der Waals surface area contributed by atoms with E-state index < -0.39 is 24.3 Å². The molecule has 236 valence electrons. The van der Waals surface area contributed by atoms with E-state index in [-0.39, 0.29) is 39.3 Å². The van der Waals surface area contributed by atoms with E-state index in [1.807, 2.05) is 18.7 Å². The second kappa shape index (κ2) is 12.7. The van der Waals surface area contributed by atoms with Crippen LogP contribution in [0.5, 0.6) is 11.6 Å². The minimum atomic E-state index is -4.82. The maximum Gasteiger partial charge on any atom is 0.429 e. The van der Waals surface area contributed by atoms with Gasteiger partial charge >= 0.3 is 12.1 Å². The quantitative estimate of drug-likeness (QED) is 0.255. The number of piperidine rings is 1. The third-order valence-electron chi connectivity index (χ3n) is 8.08. The van der Waals surface area contributed by atoms with Crippen molar-refractivity contribution in [3.8, 4) is 22.8 Å². The van der Waals surface area contributed by atoms with Crippen LogP contribution in [-0.4, -0.2) is 59.5 Å². The van der Waals surface area contributed by atoms with Gasteiger partial charge in [-0.05, 0) is 66.0 Å². The van der Waals surface area contributed by atoms with Gasteiger partial charge in [0.1, 0.15) is 17.6 Å². The van der Waals surface area contributed by atoms with Gasteiger partial charge in [0, 0.05) is 36.3 Å². The van der Waals surface area contributed by atoms with Crippen LogP contribution in [0, 0.1) is 11.3 Å². The molecular formula is C31H35ClF3N5O4. The van der Waals surface area contributed by atoms with Crippen LogP contribution in [0.3, 0.4) is 0 Å². The first-order chi connectivity index (χ1) is 20.8. The first-order valence-electron chi connectivity index (χ1n) is 14.4. The molecule has 9 nitrogen and oxygen atoms in total. The summed E-state index contributed by atoms with van der Waals surface area (Å²) in [6.07, 6.45) is -5.28. The predicted octanol–water partition coefficient (Wildman–Crippen LogP) is 6.13. The summed E-state index contributed by atoms with van der Waals surface area (Å²) in [6, 6.07) is 11.7. The molecule has 0 saturated carbocycles. The molecule has 44 heavy (non-hydrogen) atoms. The Labute approximate surface area is 258 Å². The summed E-state index contributed by atoms with van der Waals surface area (Å²) in [5, 5.41) is 12.7. The molecule has 2 aliphatic heterocycles. The van der Waals surface area contributed by atoms with Gasteiger partial charge in [0.2, 0.25) is 17.9 Å². The number of hydrogen-bond acceptors (Lipinski definition) is 8. The molecule has 5 rings (SSSR count). The first kappa shape index (κ1) is 31.6. The molecule has 2 aromatic carbocycles. The van der Waals surface area contributed by atoms with Crippen LogP contribution in [0.1, 0.15) is 44.8 Å². The summed E-state index contributed by atoms with van der Waals surface area (Å²) in [7, 11) is 0. The third kappa shape index (κ3) is 7.29. The van der Waals surface area contributed by atoms with E-state index in [1.165, 1.54) is 24.3 Å². The van der Waals surface area contributed by atoms with Crippen LogP contribution in [0.15, 0.2) is 48.5 Å². The molecular weight excluding hydrogens is 599 g/mol. The Balaban J connectivity index is 1.41. The van der Waals surface area contributed by atoms with Crippen molar-refractivity contribution in [3.63, 3.8) is 0 Å². The van der Waals surface area contributed by atoms with E-state index in [9.17, 15) is 23.1 Å². The molecule has 2 atom stereocenters. The number of nitrogens with two attached hydrogens (primary N) is 1. The normalized spacial score (nSPS) is 18.9. The highest BCUT2D eigenvalue weighted by Crippen LogP contribution is 2.44. The zero-order valence-electron chi connectivity index (χ0n) is 24.4. The molecule has 3 aromatic rings. The molecule has 3 heterocycles. The number of benzene rings is 2. The van der Waals surface area contributed by atoms with E-state index in [4.69, 9.17) is 26.8 Å². The fraction of sp³-hybridized carbons (Fsp3) is 0.452. The molecule has 2 unspecified atom stereocenters. The average molecular weight is 634 g/mol. The minimum absolute atomic E-state index is 0.150. The topological polar surface area (TPSA) is 123 Å². The predicted molar refractivity (Wildman–Crippen MR) is 161 cm³/mol. The van der Waals surface area contributed by atoms with E-state index in [0.717, 1.165) is 0 Å². The molecule has 1 spiro atoms. The van der Waals surface area contributed by atoms with Crippen LogP contribution in [-0.2, 0) is 4.79 Å². The summed E-state index contributed by atoms with van der Waals surface area (Å²) in [4.78, 5) is 21.6. The second-order valence-electron chi connectivity index (χ2n) is 11.9. The van der Waals surface area contributed by atoms with Crippen molar-refractivity contribution >= 4 is 29.3 Å². The van der Waals surface area contributed by atoms with Crippen molar-refractivity contribution in [1.29, 1.82) is 0 Å². The molecule has 0 bridgehead atoms. The SMILES string of the molecule is CC(C)COc1cccc(-c2cc(Cl)ccc2C(Oc2cc(N3CCC4(CC3)CNC(C(=O)O)C4)nc(N)n2)C(F)(F)F)c1. The number of carbonyl (C=O) groups is 1. The Hall–Kier alpha value is -3.77. The number of rotatable bonds is 9. The highest BCUT2D eigenvalue weighted by atomic mass is 35.5. The zero-order valence-corrected chi connectivity index (χ0v) is 25.2. The Bertz CT molecular complexity index is 1500. The van der Waals surface area contributed by atoms with Gasteiger partial charge in [0.05, 0.1) is 6.61 Å². The van der Waals surface area contributed by atoms with Crippen molar-refractivity contribution in [2.45, 2.75) is 51.4 Å². The number of carboxylic acids is 1. The van der Waals surface area contributed by atoms with Crippen LogP contribution in [0.2, 0.25) is 5.02 Å². The number of nitrogen functional groups attached to an aromatic ring is 1. The number of aliphatic carboxylic acids is 1. The third-order valence-corrected chi connectivity index (χ3v) is 8.31. The van der Waals surface area contributed by atoms with Gasteiger partial charge in [0.15, 0.2) is 0 Å². The lowest BCUT2D eigenvalue weighted by molar-refractivity contribution is -0.198. The maximum absolute atomic E-state index is 14.7. The smallest absolute Gasteiger partial charge is 0.429 e. The number of anilines is 2. The number of aromatic nitrogens is 2. The van der Waals surface area contributed by atoms with Crippen molar-refractivity contribution in [2.24, 2.45) is 11.3 Å². The number of hydrogen-bond donors (Lipinski definition) is 3. The Morgan fingerprint density at radius 3 is 2.59 bits per heavy atom. The van der Waals surface area contributed by atoms with E-state index in [2.05, 4.69) is 15.3 Å². The van der Waals surface area contributed by atoms with Gasteiger partial charge in [-0.1, -0.05) is 43.6 Å². The van der Waals surface area contributed by atoms with Crippen LogP contribution < -0.4 is 25.4 Å². The van der Waals surface area contributed by atoms with E-state index >= 15 is 0 Å². The fourth-order valence-corrected chi connectivity index (χ4v) is 5.96. The van der Waals surface area contributed by atoms with Crippen molar-refractivity contribution in [1.82, 2.24) is 15.3 Å². The standard InChI is InChI=1S/C31H35ClF3N5O4/c1-18(2)16-43-21-5-3-4-19(12-21)23-13-20(32)6-7-22(23)27(31(33,34)35)44-26-14-25(38-29(36)39-26)40-10-8-30(9-11-40)15-24(28(41)42)37-17-30/h3-7,12-14,18,24,27,37H,8-11,15-17H2,1-2H3,(H,41,42)(H2,36,38,39). The van der Waals surface area contributed by atoms with Gasteiger partial charge in [-0.3, -0.25) is 4.79 Å². The second-order valence-corrected chi connectivity index (χ2v) is 12.3. The molecule has 2 saturated heterocycles. The number of halogens is 4. The summed E-state index contributed by atoms with van der Waals surface area (Å²) in [5.41, 5.74) is 6.37. The average Bonchev–Trinajstić information content (AvgIpc) is 3.38. The van der Waals surface area contributed by atoms with E-state index in [0.29, 0.717) is 62.6 Å². The molecule has 0 radical (unpaired) electrons. The Morgan fingerprint density at radius 2 is 1.93 bits per heavy atom. The Morgan fingerprint density at radius 1 is 1.18 bits per heavy atom. The maximum atomic E-state index is 14.7. The van der Waals surface area contributed by atoms with Gasteiger partial charge in [-0.15, -0.1) is 0 Å². The summed E-state index contributed by atoms with van der Waals surface area (Å²) in [5.74, 6) is -0.282. The van der Waals surface area contributed by atoms with Crippen molar-refractivity contribution in [3.05, 3.63) is 59.1 Å². The van der Waals surface area contributed by atoms with Crippen molar-refractivity contribution < 1.29 is 32.5 Å². The summed E-state index contributed by atoms with van der Waals surface area (Å²) in [6.45, 7) is 6.12. The van der Waals surface area contributed by atoms with E-state index in [1.54, 1.807) is 24.3 Å². The molecule has 2 aliphatic rings. The van der Waals surface area contributed by atoms with Gasteiger partial charge in [0.25, 0.3) is 0 Å². The van der Waals surface area contributed by atoms with Gasteiger partial charge in [-0.25, -0.2) is 0 Å². The number of nitrogens with zero attached hydrogens (tertiary/aromatic N) is 3. The number of nitrogens with one attached hydrogen (secondary N) is 1. The van der Waals surface area contributed by atoms with Crippen molar-refractivity contribution in [2.75, 3.05) is 36.9 Å². The fourth-order valence-electron chi connectivity index (χ4n) is 5.79. The number of alkyl halides is 3. The monoisotopic (exact) mass is 633 g/mol. The van der Waals surface area contributed by atoms with Gasteiger partial charge in [-0.2, -0.15) is 23.1 Å². The number of carboxylic acid groups (broad SMARTS) is 1. The molecule has 13 heteroatoms. The summed E-state index contributed by atoms with van der Waals surface area (Å²) >= 11 is 6.26. The van der Waals surface area contributed by atoms with Crippen LogP contribution >= 0.6 is 11.6 Å². The highest BCUT2D eigenvalue weighted by Gasteiger charge is 2.46.